The van der Waals surface area contributed by atoms with Gasteiger partial charge in [-0.3, -0.25) is 0 Å². The van der Waals surface area contributed by atoms with Gasteiger partial charge in [-0.15, -0.1) is 0 Å². The van der Waals surface area contributed by atoms with Crippen LogP contribution in [-0.4, -0.2) is 39.0 Å². The highest BCUT2D eigenvalue weighted by Gasteiger charge is 2.38. The molecule has 38 heavy (non-hydrogen) atoms. The second kappa shape index (κ2) is 12.5. The Kier molecular flexibility index (Phi) is 8.93. The molecule has 202 valence electrons. The minimum Gasteiger partial charge on any atom is -0.303 e. The molecule has 1 N–H and O–H groups in total. The fourth-order valence-electron chi connectivity index (χ4n) is 6.45. The van der Waals surface area contributed by atoms with Gasteiger partial charge in [0.1, 0.15) is 5.82 Å². The fourth-order valence-corrected chi connectivity index (χ4v) is 7.74. The van der Waals surface area contributed by atoms with E-state index in [1.165, 1.54) is 30.4 Å². The Morgan fingerprint density at radius 3 is 2.18 bits per heavy atom. The molecule has 2 aliphatic rings. The van der Waals surface area contributed by atoms with Crippen LogP contribution in [0.3, 0.4) is 0 Å². The average Bonchev–Trinajstić information content (AvgIpc) is 3.33. The second-order valence-electron chi connectivity index (χ2n) is 11.1. The first-order chi connectivity index (χ1) is 18.5. The van der Waals surface area contributed by atoms with E-state index < -0.39 is 10.0 Å². The predicted molar refractivity (Wildman–Crippen MR) is 151 cm³/mol. The van der Waals surface area contributed by atoms with Crippen LogP contribution in [0.2, 0.25) is 0 Å². The first kappa shape index (κ1) is 27.0. The molecule has 1 saturated heterocycles. The van der Waals surface area contributed by atoms with E-state index in [0.717, 1.165) is 51.2 Å². The van der Waals surface area contributed by atoms with E-state index in [0.29, 0.717) is 16.7 Å². The van der Waals surface area contributed by atoms with E-state index in [1.54, 1.807) is 36.4 Å². The van der Waals surface area contributed by atoms with Crippen molar-refractivity contribution >= 4 is 10.0 Å². The van der Waals surface area contributed by atoms with Crippen molar-refractivity contribution in [2.24, 2.45) is 11.8 Å². The minimum absolute atomic E-state index is 0.0561. The summed E-state index contributed by atoms with van der Waals surface area (Å²) in [5.41, 5.74) is 2.53. The van der Waals surface area contributed by atoms with E-state index in [-0.39, 0.29) is 11.9 Å². The van der Waals surface area contributed by atoms with Crippen molar-refractivity contribution in [3.8, 4) is 0 Å². The summed E-state index contributed by atoms with van der Waals surface area (Å²) in [4.78, 5) is 2.94. The highest BCUT2D eigenvalue weighted by molar-refractivity contribution is 7.89. The van der Waals surface area contributed by atoms with Gasteiger partial charge in [0.05, 0.1) is 4.90 Å². The molecule has 0 aromatic heterocycles. The smallest absolute Gasteiger partial charge is 0.240 e. The van der Waals surface area contributed by atoms with Gasteiger partial charge in [-0.05, 0) is 105 Å². The van der Waals surface area contributed by atoms with Crippen LogP contribution in [0.15, 0.2) is 89.8 Å². The third-order valence-corrected chi connectivity index (χ3v) is 10.0. The lowest BCUT2D eigenvalue weighted by atomic mass is 9.87. The summed E-state index contributed by atoms with van der Waals surface area (Å²) in [6.07, 6.45) is 7.53. The van der Waals surface area contributed by atoms with Gasteiger partial charge in [0.15, 0.2) is 0 Å². The number of likely N-dealkylation sites (tertiary alicyclic amines) is 1. The zero-order chi connectivity index (χ0) is 26.4. The lowest BCUT2D eigenvalue weighted by Gasteiger charge is -2.35. The van der Waals surface area contributed by atoms with Crippen LogP contribution in [0.25, 0.3) is 0 Å². The molecule has 0 amide bonds. The predicted octanol–water partition coefficient (Wildman–Crippen LogP) is 6.40. The Morgan fingerprint density at radius 1 is 0.842 bits per heavy atom. The summed E-state index contributed by atoms with van der Waals surface area (Å²) in [5, 5.41) is 0. The summed E-state index contributed by atoms with van der Waals surface area (Å²) in [5.74, 6) is 1.37. The lowest BCUT2D eigenvalue weighted by Crippen LogP contribution is -2.38. The second-order valence-corrected chi connectivity index (χ2v) is 12.9. The third kappa shape index (κ3) is 7.10. The number of benzene rings is 3. The van der Waals surface area contributed by atoms with Crippen molar-refractivity contribution in [2.45, 2.75) is 61.8 Å². The highest BCUT2D eigenvalue weighted by atomic mass is 32.2. The summed E-state index contributed by atoms with van der Waals surface area (Å²) in [6, 6.07) is 26.2. The van der Waals surface area contributed by atoms with Crippen molar-refractivity contribution in [2.75, 3.05) is 19.6 Å². The zero-order valence-corrected chi connectivity index (χ0v) is 22.8. The van der Waals surface area contributed by atoms with Gasteiger partial charge < -0.3 is 4.90 Å². The molecule has 5 rings (SSSR count). The van der Waals surface area contributed by atoms with Gasteiger partial charge in [0.25, 0.3) is 0 Å². The number of rotatable bonds is 10. The molecule has 3 atom stereocenters. The van der Waals surface area contributed by atoms with Crippen LogP contribution >= 0.6 is 0 Å². The maximum Gasteiger partial charge on any atom is 0.240 e. The SMILES string of the molecule is O=S(=O)(N[C@@H]1C[C@H](CN2CCC(CCCc3ccc(F)cc3)CC2)[C@@H](c2ccccc2)C1)c1ccccc1. The molecule has 1 aliphatic carbocycles. The van der Waals surface area contributed by atoms with Crippen molar-refractivity contribution in [1.82, 2.24) is 9.62 Å². The normalized spacial score (nSPS) is 23.0. The number of aryl methyl sites for hydroxylation is 1. The van der Waals surface area contributed by atoms with Crippen LogP contribution in [-0.2, 0) is 16.4 Å². The highest BCUT2D eigenvalue weighted by Crippen LogP contribution is 2.41. The van der Waals surface area contributed by atoms with E-state index in [2.05, 4.69) is 33.9 Å². The minimum atomic E-state index is -3.53. The number of nitrogens with zero attached hydrogens (tertiary/aromatic N) is 1. The maximum atomic E-state index is 13.1. The quantitative estimate of drug-likeness (QED) is 0.327. The van der Waals surface area contributed by atoms with Gasteiger partial charge in [-0.1, -0.05) is 67.1 Å². The van der Waals surface area contributed by atoms with Gasteiger partial charge in [0, 0.05) is 12.6 Å². The summed E-state index contributed by atoms with van der Waals surface area (Å²) < 4.78 is 42.2. The monoisotopic (exact) mass is 534 g/mol. The van der Waals surface area contributed by atoms with E-state index in [4.69, 9.17) is 0 Å². The fraction of sp³-hybridized carbons (Fsp3) is 0.438. The molecular formula is C32H39FN2O2S. The largest absolute Gasteiger partial charge is 0.303 e. The van der Waals surface area contributed by atoms with Gasteiger partial charge in [0.2, 0.25) is 10.0 Å². The van der Waals surface area contributed by atoms with E-state index in [1.807, 2.05) is 24.3 Å². The molecule has 1 saturated carbocycles. The van der Waals surface area contributed by atoms with Crippen LogP contribution in [0.4, 0.5) is 4.39 Å². The van der Waals surface area contributed by atoms with Crippen molar-refractivity contribution in [3.63, 3.8) is 0 Å². The van der Waals surface area contributed by atoms with Gasteiger partial charge >= 0.3 is 0 Å². The molecule has 0 bridgehead atoms. The third-order valence-electron chi connectivity index (χ3n) is 8.49. The molecule has 2 fully saturated rings. The molecule has 6 heteroatoms. The Labute approximate surface area is 227 Å². The Balaban J connectivity index is 1.15. The van der Waals surface area contributed by atoms with Crippen molar-refractivity contribution < 1.29 is 12.8 Å². The molecule has 3 aromatic rings. The summed E-state index contributed by atoms with van der Waals surface area (Å²) >= 11 is 0. The molecule has 1 aliphatic heterocycles. The van der Waals surface area contributed by atoms with E-state index in [9.17, 15) is 12.8 Å². The van der Waals surface area contributed by atoms with Gasteiger partial charge in [-0.25, -0.2) is 17.5 Å². The molecule has 3 aromatic carbocycles. The van der Waals surface area contributed by atoms with Crippen molar-refractivity contribution in [1.29, 1.82) is 0 Å². The molecule has 0 radical (unpaired) electrons. The first-order valence-electron chi connectivity index (χ1n) is 14.1. The standard InChI is InChI=1S/C32H39FN2O2S/c33-29-16-14-25(15-17-29)8-7-9-26-18-20-35(21-19-26)24-28-22-30(23-32(28)27-10-3-1-4-11-27)34-38(36,37)31-12-5-2-6-13-31/h1-6,10-17,26,28,30,32,34H,7-9,18-24H2/t28-,30-,32-/m1/s1. The number of hydrogen-bond donors (Lipinski definition) is 1. The van der Waals surface area contributed by atoms with Crippen molar-refractivity contribution in [3.05, 3.63) is 102 Å². The number of hydrogen-bond acceptors (Lipinski definition) is 3. The Morgan fingerprint density at radius 2 is 1.50 bits per heavy atom. The summed E-state index contributed by atoms with van der Waals surface area (Å²) in [7, 11) is -3.53. The van der Waals surface area contributed by atoms with Crippen LogP contribution in [0.5, 0.6) is 0 Å². The van der Waals surface area contributed by atoms with Gasteiger partial charge in [-0.2, -0.15) is 0 Å². The molecule has 1 heterocycles. The zero-order valence-electron chi connectivity index (χ0n) is 22.0. The number of piperidine rings is 1. The van der Waals surface area contributed by atoms with E-state index >= 15 is 0 Å². The van der Waals surface area contributed by atoms with Crippen LogP contribution in [0, 0.1) is 17.7 Å². The molecule has 0 spiro atoms. The topological polar surface area (TPSA) is 49.4 Å². The maximum absolute atomic E-state index is 13.1. The first-order valence-corrected chi connectivity index (χ1v) is 15.5. The Bertz CT molecular complexity index is 1240. The molecule has 0 unspecified atom stereocenters. The molecular weight excluding hydrogens is 495 g/mol. The van der Waals surface area contributed by atoms with Crippen LogP contribution in [0.1, 0.15) is 55.6 Å². The average molecular weight is 535 g/mol. The lowest BCUT2D eigenvalue weighted by molar-refractivity contribution is 0.151. The Hall–Kier alpha value is -2.54. The number of sulfonamides is 1. The molecule has 4 nitrogen and oxygen atoms in total. The van der Waals surface area contributed by atoms with Crippen LogP contribution < -0.4 is 4.72 Å². The summed E-state index contributed by atoms with van der Waals surface area (Å²) in [6.45, 7) is 3.24. The number of nitrogens with one attached hydrogen (secondary N) is 1. The number of halogens is 1.